The van der Waals surface area contributed by atoms with Crippen molar-refractivity contribution in [1.82, 2.24) is 4.98 Å². The molecule has 1 amide bonds. The first-order chi connectivity index (χ1) is 13.5. The quantitative estimate of drug-likeness (QED) is 0.312. The molecule has 28 heavy (non-hydrogen) atoms. The van der Waals surface area contributed by atoms with E-state index in [4.69, 9.17) is 4.74 Å². The third-order valence-electron chi connectivity index (χ3n) is 3.69. The van der Waals surface area contributed by atoms with Crippen LogP contribution in [-0.4, -0.2) is 22.9 Å². The van der Waals surface area contributed by atoms with Gasteiger partial charge < -0.3 is 4.74 Å². The second-order valence-electron chi connectivity index (χ2n) is 5.56. The van der Waals surface area contributed by atoms with Crippen molar-refractivity contribution >= 4 is 50.1 Å². The molecule has 1 N–H and O–H groups in total. The fourth-order valence-corrected chi connectivity index (χ4v) is 3.61. The minimum atomic E-state index is -0.480. The number of nitro groups is 1. The van der Waals surface area contributed by atoms with E-state index in [1.54, 1.807) is 19.2 Å². The number of nitrogens with one attached hydrogen (secondary N) is 1. The summed E-state index contributed by atoms with van der Waals surface area (Å²) in [6, 6.07) is 11.6. The average molecular weight is 460 g/mol. The molecule has 0 spiro atoms. The number of aromatic nitrogens is 1. The number of ether oxygens (including phenoxy) is 1. The molecule has 2 aromatic carbocycles. The number of nitro benzene ring substituents is 1. The van der Waals surface area contributed by atoms with Crippen molar-refractivity contribution in [3.05, 3.63) is 74.1 Å². The number of halogens is 1. The molecule has 9 heteroatoms. The molecule has 7 nitrogen and oxygen atoms in total. The number of anilines is 1. The number of hydrogen-bond acceptors (Lipinski definition) is 6. The van der Waals surface area contributed by atoms with Gasteiger partial charge in [0.2, 0.25) is 5.91 Å². The van der Waals surface area contributed by atoms with E-state index < -0.39 is 4.92 Å². The molecule has 0 aliphatic heterocycles. The molecular weight excluding hydrogens is 446 g/mol. The molecular formula is C19H14BrN3O4S. The van der Waals surface area contributed by atoms with Gasteiger partial charge in [-0.3, -0.25) is 20.2 Å². The molecule has 0 fully saturated rings. The van der Waals surface area contributed by atoms with E-state index in [-0.39, 0.29) is 11.6 Å². The Hall–Kier alpha value is -3.04. The standard InChI is InChI=1S/C19H14BrN3O4S/c1-27-17-7-6-13(10-15(17)20)16-11-28-19(21-16)22-18(24)8-5-12-3-2-4-14(9-12)23(25)26/h2-11H,1H3,(H,21,22,24)/b8-5+. The van der Waals surface area contributed by atoms with Crippen LogP contribution in [0.1, 0.15) is 5.56 Å². The lowest BCUT2D eigenvalue weighted by Crippen LogP contribution is -2.07. The Bertz CT molecular complexity index is 1060. The summed E-state index contributed by atoms with van der Waals surface area (Å²) in [5, 5.41) is 15.8. The number of non-ortho nitro benzene ring substituents is 1. The van der Waals surface area contributed by atoms with Crippen LogP contribution in [0, 0.1) is 10.1 Å². The number of carbonyl (C=O) groups is 1. The lowest BCUT2D eigenvalue weighted by Gasteiger charge is -2.04. The first-order valence-electron chi connectivity index (χ1n) is 7.99. The van der Waals surface area contributed by atoms with Gasteiger partial charge in [0.1, 0.15) is 5.75 Å². The molecule has 0 unspecified atom stereocenters. The zero-order valence-electron chi connectivity index (χ0n) is 14.6. The van der Waals surface area contributed by atoms with Crippen molar-refractivity contribution in [1.29, 1.82) is 0 Å². The highest BCUT2D eigenvalue weighted by atomic mass is 79.9. The number of rotatable bonds is 6. The van der Waals surface area contributed by atoms with Crippen LogP contribution in [-0.2, 0) is 4.79 Å². The summed E-state index contributed by atoms with van der Waals surface area (Å²) >= 11 is 4.74. The third kappa shape index (κ3) is 4.81. The lowest BCUT2D eigenvalue weighted by atomic mass is 10.2. The van der Waals surface area contributed by atoms with Crippen molar-refractivity contribution < 1.29 is 14.5 Å². The number of thiazole rings is 1. The summed E-state index contributed by atoms with van der Waals surface area (Å²) in [6.45, 7) is 0. The van der Waals surface area contributed by atoms with Crippen LogP contribution in [0.25, 0.3) is 17.3 Å². The summed E-state index contributed by atoms with van der Waals surface area (Å²) in [5.41, 5.74) is 2.15. The molecule has 3 aromatic rings. The van der Waals surface area contributed by atoms with Crippen LogP contribution in [0.3, 0.4) is 0 Å². The highest BCUT2D eigenvalue weighted by molar-refractivity contribution is 9.10. The Morgan fingerprint density at radius 1 is 1.32 bits per heavy atom. The fraction of sp³-hybridized carbons (Fsp3) is 0.0526. The van der Waals surface area contributed by atoms with Crippen molar-refractivity contribution in [2.24, 2.45) is 0 Å². The second-order valence-corrected chi connectivity index (χ2v) is 7.27. The maximum absolute atomic E-state index is 12.1. The molecule has 0 atom stereocenters. The van der Waals surface area contributed by atoms with Gasteiger partial charge in [-0.05, 0) is 45.8 Å². The number of amides is 1. The van der Waals surface area contributed by atoms with Crippen molar-refractivity contribution in [3.63, 3.8) is 0 Å². The lowest BCUT2D eigenvalue weighted by molar-refractivity contribution is -0.384. The predicted molar refractivity (Wildman–Crippen MR) is 113 cm³/mol. The monoisotopic (exact) mass is 459 g/mol. The van der Waals surface area contributed by atoms with Crippen LogP contribution in [0.4, 0.5) is 10.8 Å². The maximum Gasteiger partial charge on any atom is 0.270 e. The Morgan fingerprint density at radius 2 is 2.14 bits per heavy atom. The molecule has 0 bridgehead atoms. The van der Waals surface area contributed by atoms with E-state index >= 15 is 0 Å². The van der Waals surface area contributed by atoms with Crippen LogP contribution >= 0.6 is 27.3 Å². The fourth-order valence-electron chi connectivity index (χ4n) is 2.35. The largest absolute Gasteiger partial charge is 0.496 e. The summed E-state index contributed by atoms with van der Waals surface area (Å²) in [7, 11) is 1.59. The van der Waals surface area contributed by atoms with Gasteiger partial charge in [-0.2, -0.15) is 0 Å². The average Bonchev–Trinajstić information content (AvgIpc) is 3.15. The molecule has 0 saturated carbocycles. The van der Waals surface area contributed by atoms with Crippen molar-refractivity contribution in [2.75, 3.05) is 12.4 Å². The van der Waals surface area contributed by atoms with E-state index in [2.05, 4.69) is 26.2 Å². The van der Waals surface area contributed by atoms with Crippen LogP contribution < -0.4 is 10.1 Å². The van der Waals surface area contributed by atoms with E-state index in [9.17, 15) is 14.9 Å². The molecule has 1 aromatic heterocycles. The van der Waals surface area contributed by atoms with Crippen molar-refractivity contribution in [3.8, 4) is 17.0 Å². The zero-order chi connectivity index (χ0) is 20.1. The molecule has 0 radical (unpaired) electrons. The van der Waals surface area contributed by atoms with Crippen LogP contribution in [0.5, 0.6) is 5.75 Å². The van der Waals surface area contributed by atoms with Gasteiger partial charge in [-0.15, -0.1) is 11.3 Å². The van der Waals surface area contributed by atoms with Gasteiger partial charge in [0.15, 0.2) is 5.13 Å². The van der Waals surface area contributed by atoms with Crippen LogP contribution in [0.2, 0.25) is 0 Å². The van der Waals surface area contributed by atoms with Gasteiger partial charge in [0, 0.05) is 29.2 Å². The summed E-state index contributed by atoms with van der Waals surface area (Å²) < 4.78 is 6.02. The first-order valence-corrected chi connectivity index (χ1v) is 9.66. The number of nitrogens with zero attached hydrogens (tertiary/aromatic N) is 2. The number of benzene rings is 2. The Balaban J connectivity index is 1.68. The van der Waals surface area contributed by atoms with Gasteiger partial charge in [-0.1, -0.05) is 12.1 Å². The van der Waals surface area contributed by atoms with Crippen molar-refractivity contribution in [2.45, 2.75) is 0 Å². The summed E-state index contributed by atoms with van der Waals surface area (Å²) in [5.74, 6) is 0.349. The summed E-state index contributed by atoms with van der Waals surface area (Å²) in [6.07, 6.45) is 2.82. The van der Waals surface area contributed by atoms with E-state index in [1.807, 2.05) is 23.6 Å². The SMILES string of the molecule is COc1ccc(-c2csc(NC(=O)/C=C/c3cccc([N+](=O)[O-])c3)n2)cc1Br. The highest BCUT2D eigenvalue weighted by Crippen LogP contribution is 2.32. The molecule has 0 aliphatic rings. The molecule has 0 saturated heterocycles. The Kier molecular flexibility index (Phi) is 6.17. The number of carbonyl (C=O) groups excluding carboxylic acids is 1. The van der Waals surface area contributed by atoms with Gasteiger partial charge in [0.05, 0.1) is 22.2 Å². The molecule has 0 aliphatic carbocycles. The van der Waals surface area contributed by atoms with Gasteiger partial charge in [-0.25, -0.2) is 4.98 Å². The Morgan fingerprint density at radius 3 is 2.86 bits per heavy atom. The minimum Gasteiger partial charge on any atom is -0.496 e. The second kappa shape index (κ2) is 8.77. The minimum absolute atomic E-state index is 0.0298. The van der Waals surface area contributed by atoms with Crippen LogP contribution in [0.15, 0.2) is 58.4 Å². The number of methoxy groups -OCH3 is 1. The topological polar surface area (TPSA) is 94.4 Å². The highest BCUT2D eigenvalue weighted by Gasteiger charge is 2.09. The van der Waals surface area contributed by atoms with Gasteiger partial charge >= 0.3 is 0 Å². The molecule has 3 rings (SSSR count). The first kappa shape index (κ1) is 19.7. The molecule has 142 valence electrons. The summed E-state index contributed by atoms with van der Waals surface area (Å²) in [4.78, 5) is 26.8. The number of hydrogen-bond donors (Lipinski definition) is 1. The Labute approximate surface area is 173 Å². The smallest absolute Gasteiger partial charge is 0.270 e. The van der Waals surface area contributed by atoms with E-state index in [0.717, 1.165) is 21.5 Å². The van der Waals surface area contributed by atoms with E-state index in [0.29, 0.717) is 10.7 Å². The normalized spacial score (nSPS) is 10.8. The van der Waals surface area contributed by atoms with E-state index in [1.165, 1.54) is 35.6 Å². The third-order valence-corrected chi connectivity index (χ3v) is 5.07. The van der Waals surface area contributed by atoms with Gasteiger partial charge in [0.25, 0.3) is 5.69 Å². The molecule has 1 heterocycles. The predicted octanol–water partition coefficient (Wildman–Crippen LogP) is 5.14. The maximum atomic E-state index is 12.1. The zero-order valence-corrected chi connectivity index (χ0v) is 17.0.